The van der Waals surface area contributed by atoms with Crippen LogP contribution in [0.15, 0.2) is 60.9 Å². The molecule has 0 unspecified atom stereocenters. The molecule has 0 aliphatic carbocycles. The highest BCUT2D eigenvalue weighted by Gasteiger charge is 2.24. The van der Waals surface area contributed by atoms with Gasteiger partial charge in [-0.25, -0.2) is 9.37 Å². The molecule has 150 valence electrons. The quantitative estimate of drug-likeness (QED) is 0.668. The van der Waals surface area contributed by atoms with Gasteiger partial charge in [0.15, 0.2) is 0 Å². The van der Waals surface area contributed by atoms with Crippen molar-refractivity contribution in [2.75, 3.05) is 38.2 Å². The number of halogens is 1. The number of amides is 1. The van der Waals surface area contributed by atoms with Crippen LogP contribution in [0.25, 0.3) is 5.69 Å². The molecule has 1 aromatic heterocycles. The van der Waals surface area contributed by atoms with E-state index < -0.39 is 0 Å². The number of piperazine rings is 1. The Morgan fingerprint density at radius 2 is 1.79 bits per heavy atom. The Labute approximate surface area is 169 Å². The third-order valence-electron chi connectivity index (χ3n) is 5.16. The van der Waals surface area contributed by atoms with Crippen molar-refractivity contribution in [2.45, 2.75) is 6.42 Å². The smallest absolute Gasteiger partial charge is 0.227 e. The number of aromatic nitrogens is 2. The molecular weight excluding hydrogens is 371 g/mol. The minimum atomic E-state index is -0.292. The summed E-state index contributed by atoms with van der Waals surface area (Å²) in [5.74, 6) is 1.28. The lowest BCUT2D eigenvalue weighted by molar-refractivity contribution is -0.130. The summed E-state index contributed by atoms with van der Waals surface area (Å²) in [4.78, 5) is 21.0. The van der Waals surface area contributed by atoms with Gasteiger partial charge in [0.1, 0.15) is 11.6 Å². The summed E-state index contributed by atoms with van der Waals surface area (Å²) < 4.78 is 21.1. The average Bonchev–Trinajstić information content (AvgIpc) is 3.24. The number of nitrogens with zero attached hydrogens (tertiary/aromatic N) is 4. The molecule has 6 nitrogen and oxygen atoms in total. The van der Waals surface area contributed by atoms with E-state index in [1.807, 2.05) is 29.2 Å². The van der Waals surface area contributed by atoms with Crippen LogP contribution in [0.1, 0.15) is 5.56 Å². The number of para-hydroxylation sites is 1. The minimum absolute atomic E-state index is 0.104. The third kappa shape index (κ3) is 4.08. The monoisotopic (exact) mass is 394 g/mol. The van der Waals surface area contributed by atoms with E-state index in [0.29, 0.717) is 44.2 Å². The Kier molecular flexibility index (Phi) is 5.46. The SMILES string of the molecule is COc1ccc(CC(=O)N2CCN(c3nccn3-c3ccccc3F)CC2)cc1. The molecule has 1 aliphatic heterocycles. The van der Waals surface area contributed by atoms with Crippen LogP contribution in [0.5, 0.6) is 5.75 Å². The number of benzene rings is 2. The Hall–Kier alpha value is -3.35. The van der Waals surface area contributed by atoms with E-state index in [0.717, 1.165) is 11.3 Å². The third-order valence-corrected chi connectivity index (χ3v) is 5.16. The van der Waals surface area contributed by atoms with Crippen LogP contribution >= 0.6 is 0 Å². The van der Waals surface area contributed by atoms with E-state index in [2.05, 4.69) is 9.88 Å². The van der Waals surface area contributed by atoms with Gasteiger partial charge in [0.2, 0.25) is 11.9 Å². The maximum absolute atomic E-state index is 14.2. The molecule has 1 amide bonds. The molecule has 2 aromatic carbocycles. The van der Waals surface area contributed by atoms with Gasteiger partial charge in [0, 0.05) is 38.6 Å². The molecule has 1 fully saturated rings. The van der Waals surface area contributed by atoms with Crippen molar-refractivity contribution in [1.29, 1.82) is 0 Å². The summed E-state index contributed by atoms with van der Waals surface area (Å²) in [7, 11) is 1.62. The average molecular weight is 394 g/mol. The first kappa shape index (κ1) is 19.0. The number of hydrogen-bond donors (Lipinski definition) is 0. The van der Waals surface area contributed by atoms with Gasteiger partial charge in [0.05, 0.1) is 19.2 Å². The van der Waals surface area contributed by atoms with Crippen LogP contribution in [-0.2, 0) is 11.2 Å². The summed E-state index contributed by atoms with van der Waals surface area (Å²) >= 11 is 0. The topological polar surface area (TPSA) is 50.6 Å². The molecule has 0 spiro atoms. The Bertz CT molecular complexity index is 978. The summed E-state index contributed by atoms with van der Waals surface area (Å²) in [5.41, 5.74) is 1.44. The molecule has 4 rings (SSSR count). The maximum atomic E-state index is 14.2. The minimum Gasteiger partial charge on any atom is -0.497 e. The number of carbonyl (C=O) groups is 1. The van der Waals surface area contributed by atoms with Crippen molar-refractivity contribution in [3.8, 4) is 11.4 Å². The number of imidazole rings is 1. The lowest BCUT2D eigenvalue weighted by atomic mass is 10.1. The lowest BCUT2D eigenvalue weighted by Gasteiger charge is -2.35. The van der Waals surface area contributed by atoms with Gasteiger partial charge < -0.3 is 14.5 Å². The van der Waals surface area contributed by atoms with E-state index in [4.69, 9.17) is 4.74 Å². The number of anilines is 1. The zero-order valence-corrected chi connectivity index (χ0v) is 16.3. The second kappa shape index (κ2) is 8.34. The van der Waals surface area contributed by atoms with Crippen LogP contribution in [0, 0.1) is 5.82 Å². The number of ether oxygens (including phenoxy) is 1. The molecule has 0 radical (unpaired) electrons. The fourth-order valence-electron chi connectivity index (χ4n) is 3.55. The van der Waals surface area contributed by atoms with Crippen molar-refractivity contribution in [3.05, 3.63) is 72.3 Å². The van der Waals surface area contributed by atoms with Gasteiger partial charge in [-0.3, -0.25) is 9.36 Å². The molecule has 3 aromatic rings. The predicted molar refractivity (Wildman–Crippen MR) is 109 cm³/mol. The van der Waals surface area contributed by atoms with Crippen LogP contribution in [0.3, 0.4) is 0 Å². The highest BCUT2D eigenvalue weighted by Crippen LogP contribution is 2.22. The van der Waals surface area contributed by atoms with Crippen LogP contribution in [-0.4, -0.2) is 53.6 Å². The van der Waals surface area contributed by atoms with Crippen LogP contribution < -0.4 is 9.64 Å². The largest absolute Gasteiger partial charge is 0.497 e. The highest BCUT2D eigenvalue weighted by atomic mass is 19.1. The number of hydrogen-bond acceptors (Lipinski definition) is 4. The summed E-state index contributed by atoms with van der Waals surface area (Å²) in [5, 5.41) is 0. The van der Waals surface area contributed by atoms with E-state index >= 15 is 0 Å². The highest BCUT2D eigenvalue weighted by molar-refractivity contribution is 5.79. The fraction of sp³-hybridized carbons (Fsp3) is 0.273. The zero-order valence-electron chi connectivity index (χ0n) is 16.3. The molecular formula is C22H23FN4O2. The van der Waals surface area contributed by atoms with Gasteiger partial charge in [-0.1, -0.05) is 24.3 Å². The summed E-state index contributed by atoms with van der Waals surface area (Å²) in [6, 6.07) is 14.2. The van der Waals surface area contributed by atoms with Crippen LogP contribution in [0.2, 0.25) is 0 Å². The first-order valence-corrected chi connectivity index (χ1v) is 9.59. The molecule has 0 saturated carbocycles. The van der Waals surface area contributed by atoms with E-state index in [9.17, 15) is 9.18 Å². The molecule has 2 heterocycles. The van der Waals surface area contributed by atoms with E-state index in [1.54, 1.807) is 42.3 Å². The Balaban J connectivity index is 1.39. The van der Waals surface area contributed by atoms with Crippen LogP contribution in [0.4, 0.5) is 10.3 Å². The normalized spacial score (nSPS) is 14.1. The zero-order chi connectivity index (χ0) is 20.2. The van der Waals surface area contributed by atoms with E-state index in [-0.39, 0.29) is 11.7 Å². The molecule has 0 atom stereocenters. The first-order valence-electron chi connectivity index (χ1n) is 9.59. The van der Waals surface area contributed by atoms with Crippen molar-refractivity contribution in [2.24, 2.45) is 0 Å². The van der Waals surface area contributed by atoms with Gasteiger partial charge in [-0.05, 0) is 29.8 Å². The van der Waals surface area contributed by atoms with Gasteiger partial charge in [0.25, 0.3) is 0 Å². The van der Waals surface area contributed by atoms with Gasteiger partial charge >= 0.3 is 0 Å². The maximum Gasteiger partial charge on any atom is 0.227 e. The number of methoxy groups -OCH3 is 1. The Morgan fingerprint density at radius 1 is 1.07 bits per heavy atom. The molecule has 0 N–H and O–H groups in total. The Morgan fingerprint density at radius 3 is 2.48 bits per heavy atom. The van der Waals surface area contributed by atoms with Gasteiger partial charge in [-0.2, -0.15) is 0 Å². The first-order chi connectivity index (χ1) is 14.2. The number of rotatable bonds is 5. The fourth-order valence-corrected chi connectivity index (χ4v) is 3.55. The number of carbonyl (C=O) groups excluding carboxylic acids is 1. The summed E-state index contributed by atoms with van der Waals surface area (Å²) in [6.45, 7) is 2.53. The molecule has 0 bridgehead atoms. The molecule has 7 heteroatoms. The van der Waals surface area contributed by atoms with E-state index in [1.165, 1.54) is 6.07 Å². The van der Waals surface area contributed by atoms with Gasteiger partial charge in [-0.15, -0.1) is 0 Å². The molecule has 29 heavy (non-hydrogen) atoms. The molecule has 1 saturated heterocycles. The molecule has 1 aliphatic rings. The van der Waals surface area contributed by atoms with Crippen molar-refractivity contribution in [3.63, 3.8) is 0 Å². The summed E-state index contributed by atoms with van der Waals surface area (Å²) in [6.07, 6.45) is 3.80. The second-order valence-corrected chi connectivity index (χ2v) is 6.94. The van der Waals surface area contributed by atoms with Crippen molar-refractivity contribution < 1.29 is 13.9 Å². The standard InChI is InChI=1S/C22H23FN4O2/c1-29-18-8-6-17(7-9-18)16-21(28)25-12-14-26(15-13-25)22-24-10-11-27(22)20-5-3-2-4-19(20)23/h2-11H,12-16H2,1H3. The van der Waals surface area contributed by atoms with Crippen molar-refractivity contribution in [1.82, 2.24) is 14.5 Å². The van der Waals surface area contributed by atoms with Crippen molar-refractivity contribution >= 4 is 11.9 Å². The predicted octanol–water partition coefficient (Wildman–Crippen LogP) is 2.91. The second-order valence-electron chi connectivity index (χ2n) is 6.94. The lowest BCUT2D eigenvalue weighted by Crippen LogP contribution is -2.49.